The predicted molar refractivity (Wildman–Crippen MR) is 121 cm³/mol. The van der Waals surface area contributed by atoms with Gasteiger partial charge < -0.3 is 15.5 Å². The van der Waals surface area contributed by atoms with Crippen LogP contribution in [0.5, 0.6) is 0 Å². The zero-order valence-corrected chi connectivity index (χ0v) is 18.3. The third-order valence-corrected chi connectivity index (χ3v) is 5.38. The first-order valence-corrected chi connectivity index (χ1v) is 9.51. The molecule has 0 amide bonds. The molecule has 1 aliphatic carbocycles. The van der Waals surface area contributed by atoms with E-state index in [1.165, 1.54) is 30.5 Å². The van der Waals surface area contributed by atoms with E-state index in [4.69, 9.17) is 0 Å². The van der Waals surface area contributed by atoms with Crippen LogP contribution in [0.4, 0.5) is 5.69 Å². The number of aryl methyl sites for hydroxylation is 1. The average molecular weight is 480 g/mol. The lowest BCUT2D eigenvalue weighted by Crippen LogP contribution is -2.51. The molecule has 1 saturated heterocycles. The van der Waals surface area contributed by atoms with E-state index in [2.05, 4.69) is 62.2 Å². The zero-order valence-electron chi connectivity index (χ0n) is 16.0. The minimum Gasteiger partial charge on any atom is -0.367 e. The van der Waals surface area contributed by atoms with Crippen molar-refractivity contribution in [2.24, 2.45) is 12.0 Å². The molecule has 6 nitrogen and oxygen atoms in total. The van der Waals surface area contributed by atoms with Gasteiger partial charge in [0.2, 0.25) is 0 Å². The lowest BCUT2D eigenvalue weighted by molar-refractivity contribution is 0.467. The highest BCUT2D eigenvalue weighted by Gasteiger charge is 2.39. The molecule has 1 saturated carbocycles. The van der Waals surface area contributed by atoms with Crippen LogP contribution in [0.3, 0.4) is 0 Å². The standard InChI is InChI=1S/C20H28N6.HI/c1-21-20(24-19-11-18(19)15-7-4-3-5-8-15)23-16-9-6-10-26(13-16)17-12-22-25(2)14-17;/h3-5,7-8,12,14,16,18-19H,6,9-11,13H2,1-2H3,(H2,21,23,24);1H. The van der Waals surface area contributed by atoms with E-state index < -0.39 is 0 Å². The molecule has 3 unspecified atom stereocenters. The van der Waals surface area contributed by atoms with Crippen LogP contribution in [0.1, 0.15) is 30.7 Å². The molecule has 0 spiro atoms. The number of nitrogens with zero attached hydrogens (tertiary/aromatic N) is 4. The summed E-state index contributed by atoms with van der Waals surface area (Å²) in [6.45, 7) is 2.08. The van der Waals surface area contributed by atoms with Crippen molar-refractivity contribution in [2.45, 2.75) is 37.3 Å². The maximum atomic E-state index is 4.45. The number of rotatable bonds is 4. The van der Waals surface area contributed by atoms with Crippen molar-refractivity contribution in [3.05, 3.63) is 48.3 Å². The highest BCUT2D eigenvalue weighted by atomic mass is 127. The molecule has 0 radical (unpaired) electrons. The van der Waals surface area contributed by atoms with Crippen LogP contribution in [0.15, 0.2) is 47.7 Å². The first kappa shape index (κ1) is 20.0. The molecular weight excluding hydrogens is 451 g/mol. The molecule has 1 aromatic carbocycles. The van der Waals surface area contributed by atoms with Gasteiger partial charge in [0.15, 0.2) is 5.96 Å². The first-order valence-electron chi connectivity index (χ1n) is 9.51. The molecule has 2 heterocycles. The van der Waals surface area contributed by atoms with Crippen LogP contribution in [-0.2, 0) is 7.05 Å². The fourth-order valence-corrected chi connectivity index (χ4v) is 3.86. The fourth-order valence-electron chi connectivity index (χ4n) is 3.86. The summed E-state index contributed by atoms with van der Waals surface area (Å²) in [5, 5.41) is 11.5. The van der Waals surface area contributed by atoms with Crippen molar-refractivity contribution >= 4 is 35.6 Å². The van der Waals surface area contributed by atoms with Crippen molar-refractivity contribution < 1.29 is 0 Å². The summed E-state index contributed by atoms with van der Waals surface area (Å²) >= 11 is 0. The Morgan fingerprint density at radius 1 is 1.22 bits per heavy atom. The van der Waals surface area contributed by atoms with E-state index in [0.29, 0.717) is 18.0 Å². The van der Waals surface area contributed by atoms with Gasteiger partial charge in [0.1, 0.15) is 0 Å². The molecule has 4 rings (SSSR count). The van der Waals surface area contributed by atoms with Gasteiger partial charge in [0.25, 0.3) is 0 Å². The minimum atomic E-state index is 0. The van der Waals surface area contributed by atoms with Gasteiger partial charge >= 0.3 is 0 Å². The van der Waals surface area contributed by atoms with Crippen LogP contribution in [-0.4, -0.2) is 48.0 Å². The summed E-state index contributed by atoms with van der Waals surface area (Å²) in [4.78, 5) is 6.86. The van der Waals surface area contributed by atoms with Crippen LogP contribution < -0.4 is 15.5 Å². The number of anilines is 1. The monoisotopic (exact) mass is 480 g/mol. The molecule has 1 aromatic heterocycles. The van der Waals surface area contributed by atoms with Crippen molar-refractivity contribution in [3.63, 3.8) is 0 Å². The van der Waals surface area contributed by atoms with E-state index in [1.807, 2.05) is 25.0 Å². The van der Waals surface area contributed by atoms with E-state index in [9.17, 15) is 0 Å². The number of aromatic nitrogens is 2. The molecule has 146 valence electrons. The summed E-state index contributed by atoms with van der Waals surface area (Å²) in [5.41, 5.74) is 2.62. The van der Waals surface area contributed by atoms with Crippen molar-refractivity contribution in [2.75, 3.05) is 25.0 Å². The fraction of sp³-hybridized carbons (Fsp3) is 0.500. The molecule has 1 aliphatic heterocycles. The smallest absolute Gasteiger partial charge is 0.191 e. The number of halogens is 1. The maximum Gasteiger partial charge on any atom is 0.191 e. The molecule has 3 atom stereocenters. The maximum absolute atomic E-state index is 4.45. The Labute approximate surface area is 178 Å². The van der Waals surface area contributed by atoms with Gasteiger partial charge in [0, 0.05) is 51.4 Å². The third kappa shape index (κ3) is 4.94. The van der Waals surface area contributed by atoms with Crippen LogP contribution in [0.2, 0.25) is 0 Å². The lowest BCUT2D eigenvalue weighted by atomic mass is 10.1. The Morgan fingerprint density at radius 3 is 2.74 bits per heavy atom. The third-order valence-electron chi connectivity index (χ3n) is 5.38. The second-order valence-electron chi connectivity index (χ2n) is 7.38. The number of aliphatic imine (C=N–C) groups is 1. The number of hydrogen-bond acceptors (Lipinski definition) is 3. The highest BCUT2D eigenvalue weighted by Crippen LogP contribution is 2.40. The highest BCUT2D eigenvalue weighted by molar-refractivity contribution is 14.0. The SMILES string of the molecule is CN=C(NC1CCCN(c2cnn(C)c2)C1)NC1CC1c1ccccc1.I. The van der Waals surface area contributed by atoms with Gasteiger partial charge in [-0.3, -0.25) is 9.67 Å². The molecule has 7 heteroatoms. The van der Waals surface area contributed by atoms with Crippen molar-refractivity contribution in [1.29, 1.82) is 0 Å². The van der Waals surface area contributed by atoms with Gasteiger partial charge in [-0.05, 0) is 24.8 Å². The molecule has 0 bridgehead atoms. The van der Waals surface area contributed by atoms with Crippen LogP contribution in [0, 0.1) is 0 Å². The summed E-state index contributed by atoms with van der Waals surface area (Å²) in [7, 11) is 3.82. The molecule has 2 aliphatic rings. The first-order chi connectivity index (χ1) is 12.7. The number of hydrogen-bond donors (Lipinski definition) is 2. The number of guanidine groups is 1. The van der Waals surface area contributed by atoms with E-state index in [0.717, 1.165) is 19.0 Å². The van der Waals surface area contributed by atoms with Crippen molar-refractivity contribution in [1.82, 2.24) is 20.4 Å². The number of nitrogens with one attached hydrogen (secondary N) is 2. The van der Waals surface area contributed by atoms with Crippen LogP contribution >= 0.6 is 24.0 Å². The van der Waals surface area contributed by atoms with Crippen LogP contribution in [0.25, 0.3) is 0 Å². The van der Waals surface area contributed by atoms with E-state index in [1.54, 1.807) is 0 Å². The Bertz CT molecular complexity index is 759. The molecule has 27 heavy (non-hydrogen) atoms. The Kier molecular flexibility index (Phi) is 6.62. The average Bonchev–Trinajstić information content (AvgIpc) is 3.31. The van der Waals surface area contributed by atoms with E-state index in [-0.39, 0.29) is 24.0 Å². The minimum absolute atomic E-state index is 0. The Morgan fingerprint density at radius 2 is 2.04 bits per heavy atom. The Balaban J connectivity index is 0.00000210. The topological polar surface area (TPSA) is 57.5 Å². The predicted octanol–water partition coefficient (Wildman–Crippen LogP) is 2.73. The normalized spacial score (nSPS) is 24.9. The molecule has 2 fully saturated rings. The summed E-state index contributed by atoms with van der Waals surface area (Å²) in [6.07, 6.45) is 7.56. The second-order valence-corrected chi connectivity index (χ2v) is 7.38. The Hall–Kier alpha value is -1.77. The molecule has 2 N–H and O–H groups in total. The molecule has 2 aromatic rings. The largest absolute Gasteiger partial charge is 0.367 e. The summed E-state index contributed by atoms with van der Waals surface area (Å²) < 4.78 is 1.86. The quantitative estimate of drug-likeness (QED) is 0.402. The molecular formula is C20H29IN6. The van der Waals surface area contributed by atoms with Crippen molar-refractivity contribution in [3.8, 4) is 0 Å². The van der Waals surface area contributed by atoms with E-state index >= 15 is 0 Å². The summed E-state index contributed by atoms with van der Waals surface area (Å²) in [6, 6.07) is 11.6. The zero-order chi connectivity index (χ0) is 17.9. The second kappa shape index (κ2) is 8.95. The van der Waals surface area contributed by atoms with Gasteiger partial charge in [-0.25, -0.2) is 0 Å². The summed E-state index contributed by atoms with van der Waals surface area (Å²) in [5.74, 6) is 1.53. The van der Waals surface area contributed by atoms with Gasteiger partial charge in [-0.1, -0.05) is 30.3 Å². The van der Waals surface area contributed by atoms with Gasteiger partial charge in [-0.15, -0.1) is 24.0 Å². The van der Waals surface area contributed by atoms with Gasteiger partial charge in [0.05, 0.1) is 11.9 Å². The number of benzene rings is 1. The lowest BCUT2D eigenvalue weighted by Gasteiger charge is -2.34. The van der Waals surface area contributed by atoms with Gasteiger partial charge in [-0.2, -0.15) is 5.10 Å². The number of piperidine rings is 1.